The Bertz CT molecular complexity index is 840. The molecule has 1 amide bonds. The van der Waals surface area contributed by atoms with Crippen LogP contribution in [0.1, 0.15) is 22.8 Å². The van der Waals surface area contributed by atoms with Crippen LogP contribution in [0.15, 0.2) is 42.5 Å². The monoisotopic (exact) mass is 405 g/mol. The Morgan fingerprint density at radius 2 is 1.81 bits per heavy atom. The molecule has 0 aliphatic heterocycles. The lowest BCUT2D eigenvalue weighted by atomic mass is 10.2. The molecular formula is C17H12Cl2F3NO3. The molecule has 0 unspecified atom stereocenters. The number of carbonyl (C=O) groups excluding carboxylic acids is 2. The van der Waals surface area contributed by atoms with E-state index < -0.39 is 29.7 Å². The fourth-order valence-corrected chi connectivity index (χ4v) is 2.28. The van der Waals surface area contributed by atoms with Gasteiger partial charge < -0.3 is 10.1 Å². The van der Waals surface area contributed by atoms with Crippen molar-refractivity contribution in [3.63, 3.8) is 0 Å². The van der Waals surface area contributed by atoms with Crippen LogP contribution in [-0.4, -0.2) is 18.0 Å². The van der Waals surface area contributed by atoms with Crippen LogP contribution in [0.3, 0.4) is 0 Å². The van der Waals surface area contributed by atoms with Crippen LogP contribution in [0.5, 0.6) is 0 Å². The van der Waals surface area contributed by atoms with Crippen molar-refractivity contribution in [1.82, 2.24) is 0 Å². The van der Waals surface area contributed by atoms with E-state index in [1.165, 1.54) is 25.1 Å². The summed E-state index contributed by atoms with van der Waals surface area (Å²) in [5.74, 6) is -1.63. The fraction of sp³-hybridized carbons (Fsp3) is 0.176. The minimum atomic E-state index is -4.59. The molecular weight excluding hydrogens is 394 g/mol. The summed E-state index contributed by atoms with van der Waals surface area (Å²) in [4.78, 5) is 24.1. The summed E-state index contributed by atoms with van der Waals surface area (Å²) in [6.45, 7) is 1.28. The molecule has 1 atom stereocenters. The summed E-state index contributed by atoms with van der Waals surface area (Å²) in [5, 5.41) is 2.45. The molecule has 26 heavy (non-hydrogen) atoms. The molecule has 0 radical (unpaired) electrons. The molecule has 0 saturated carbocycles. The molecule has 4 nitrogen and oxygen atoms in total. The van der Waals surface area contributed by atoms with E-state index in [1.807, 2.05) is 0 Å². The molecule has 9 heteroatoms. The number of rotatable bonds is 4. The van der Waals surface area contributed by atoms with Crippen LogP contribution in [0.25, 0.3) is 0 Å². The third-order valence-electron chi connectivity index (χ3n) is 3.26. The van der Waals surface area contributed by atoms with Gasteiger partial charge in [0.25, 0.3) is 5.91 Å². The van der Waals surface area contributed by atoms with Crippen molar-refractivity contribution in [2.75, 3.05) is 5.32 Å². The molecule has 2 aromatic carbocycles. The highest BCUT2D eigenvalue weighted by atomic mass is 35.5. The number of benzene rings is 2. The van der Waals surface area contributed by atoms with Crippen molar-refractivity contribution < 1.29 is 27.5 Å². The number of anilines is 1. The van der Waals surface area contributed by atoms with E-state index in [0.717, 1.165) is 12.1 Å². The normalized spacial score (nSPS) is 12.4. The standard InChI is InChI=1S/C17H12Cl2F3NO3/c1-9(26-16(25)10-3-2-4-12(18)7-10)15(24)23-14-8-11(17(20,21)22)5-6-13(14)19/h2-9H,1H3,(H,23,24)/t9-/m0/s1. The van der Waals surface area contributed by atoms with E-state index in [1.54, 1.807) is 6.07 Å². The summed E-state index contributed by atoms with van der Waals surface area (Å²) >= 11 is 11.6. The highest BCUT2D eigenvalue weighted by Gasteiger charge is 2.31. The number of hydrogen-bond acceptors (Lipinski definition) is 3. The summed E-state index contributed by atoms with van der Waals surface area (Å²) in [5.41, 5.74) is -1.08. The van der Waals surface area contributed by atoms with Gasteiger partial charge in [-0.3, -0.25) is 4.79 Å². The number of ether oxygens (including phenoxy) is 1. The molecule has 0 bridgehead atoms. The molecule has 0 aromatic heterocycles. The summed E-state index contributed by atoms with van der Waals surface area (Å²) in [6.07, 6.45) is -5.86. The number of esters is 1. The van der Waals surface area contributed by atoms with Crippen LogP contribution in [-0.2, 0) is 15.7 Å². The molecule has 0 heterocycles. The maximum absolute atomic E-state index is 12.8. The van der Waals surface area contributed by atoms with Crippen molar-refractivity contribution in [3.8, 4) is 0 Å². The van der Waals surface area contributed by atoms with E-state index >= 15 is 0 Å². The zero-order valence-electron chi connectivity index (χ0n) is 13.2. The number of alkyl halides is 3. The van der Waals surface area contributed by atoms with Gasteiger partial charge in [0, 0.05) is 5.02 Å². The van der Waals surface area contributed by atoms with Gasteiger partial charge >= 0.3 is 12.1 Å². The lowest BCUT2D eigenvalue weighted by molar-refractivity contribution is -0.137. The third kappa shape index (κ3) is 5.12. The summed E-state index contributed by atoms with van der Waals surface area (Å²) < 4.78 is 43.2. The summed E-state index contributed by atoms with van der Waals surface area (Å²) in [6, 6.07) is 8.41. The quantitative estimate of drug-likeness (QED) is 0.711. The molecule has 2 rings (SSSR count). The molecule has 0 fully saturated rings. The largest absolute Gasteiger partial charge is 0.449 e. The molecule has 0 saturated heterocycles. The molecule has 138 valence electrons. The minimum absolute atomic E-state index is 0.0836. The second kappa shape index (κ2) is 7.97. The Morgan fingerprint density at radius 3 is 2.42 bits per heavy atom. The topological polar surface area (TPSA) is 55.4 Å². The highest BCUT2D eigenvalue weighted by molar-refractivity contribution is 6.33. The van der Waals surface area contributed by atoms with E-state index in [-0.39, 0.29) is 16.3 Å². The lowest BCUT2D eigenvalue weighted by Gasteiger charge is -2.15. The molecule has 1 N–H and O–H groups in total. The van der Waals surface area contributed by atoms with E-state index in [4.69, 9.17) is 27.9 Å². The van der Waals surface area contributed by atoms with Crippen molar-refractivity contribution in [2.24, 2.45) is 0 Å². The minimum Gasteiger partial charge on any atom is -0.449 e. The van der Waals surface area contributed by atoms with Crippen LogP contribution in [0, 0.1) is 0 Å². The molecule has 0 aliphatic carbocycles. The van der Waals surface area contributed by atoms with Gasteiger partial charge in [-0.25, -0.2) is 4.79 Å². The lowest BCUT2D eigenvalue weighted by Crippen LogP contribution is -2.30. The summed E-state index contributed by atoms with van der Waals surface area (Å²) in [7, 11) is 0. The maximum Gasteiger partial charge on any atom is 0.416 e. The molecule has 0 aliphatic rings. The Morgan fingerprint density at radius 1 is 1.12 bits per heavy atom. The van der Waals surface area contributed by atoms with E-state index in [0.29, 0.717) is 11.1 Å². The zero-order chi connectivity index (χ0) is 19.5. The smallest absolute Gasteiger partial charge is 0.416 e. The predicted octanol–water partition coefficient (Wildman–Crippen LogP) is 5.20. The van der Waals surface area contributed by atoms with E-state index in [9.17, 15) is 22.8 Å². The van der Waals surface area contributed by atoms with Gasteiger partial charge in [0.05, 0.1) is 21.8 Å². The average molecular weight is 406 g/mol. The van der Waals surface area contributed by atoms with Crippen LogP contribution >= 0.6 is 23.2 Å². The van der Waals surface area contributed by atoms with Crippen molar-refractivity contribution >= 4 is 40.8 Å². The SMILES string of the molecule is C[C@H](OC(=O)c1cccc(Cl)c1)C(=O)Nc1cc(C(F)(F)F)ccc1Cl. The van der Waals surface area contributed by atoms with Gasteiger partial charge in [-0.1, -0.05) is 29.3 Å². The van der Waals surface area contributed by atoms with Crippen molar-refractivity contribution in [3.05, 3.63) is 63.6 Å². The Hall–Kier alpha value is -2.25. The number of nitrogens with one attached hydrogen (secondary N) is 1. The number of hydrogen-bond donors (Lipinski definition) is 1. The Labute approximate surface area is 156 Å². The van der Waals surface area contributed by atoms with Crippen molar-refractivity contribution in [1.29, 1.82) is 0 Å². The van der Waals surface area contributed by atoms with Crippen LogP contribution in [0.2, 0.25) is 10.0 Å². The van der Waals surface area contributed by atoms with Gasteiger partial charge in [-0.15, -0.1) is 0 Å². The molecule has 2 aromatic rings. The number of carbonyl (C=O) groups is 2. The van der Waals surface area contributed by atoms with Gasteiger partial charge in [-0.05, 0) is 43.3 Å². The predicted molar refractivity (Wildman–Crippen MR) is 91.4 cm³/mol. The van der Waals surface area contributed by atoms with Gasteiger partial charge in [0.2, 0.25) is 0 Å². The van der Waals surface area contributed by atoms with Gasteiger partial charge in [0.15, 0.2) is 6.10 Å². The van der Waals surface area contributed by atoms with Crippen LogP contribution < -0.4 is 5.32 Å². The first-order valence-electron chi connectivity index (χ1n) is 7.22. The first kappa shape index (κ1) is 20.1. The van der Waals surface area contributed by atoms with Gasteiger partial charge in [-0.2, -0.15) is 13.2 Å². The molecule has 0 spiro atoms. The maximum atomic E-state index is 12.8. The van der Waals surface area contributed by atoms with Crippen LogP contribution in [0.4, 0.5) is 18.9 Å². The first-order valence-corrected chi connectivity index (χ1v) is 7.97. The van der Waals surface area contributed by atoms with Crippen molar-refractivity contribution in [2.45, 2.75) is 19.2 Å². The first-order chi connectivity index (χ1) is 12.1. The van der Waals surface area contributed by atoms with E-state index in [2.05, 4.69) is 5.32 Å². The Kier molecular flexibility index (Phi) is 6.15. The second-order valence-corrected chi connectivity index (χ2v) is 6.08. The zero-order valence-corrected chi connectivity index (χ0v) is 14.7. The fourth-order valence-electron chi connectivity index (χ4n) is 1.93. The third-order valence-corrected chi connectivity index (χ3v) is 3.83. The van der Waals surface area contributed by atoms with Gasteiger partial charge in [0.1, 0.15) is 0 Å². The second-order valence-electron chi connectivity index (χ2n) is 5.24. The number of halogens is 5. The Balaban J connectivity index is 2.08. The number of amides is 1. The highest BCUT2D eigenvalue weighted by Crippen LogP contribution is 2.33. The average Bonchev–Trinajstić information content (AvgIpc) is 2.55.